The van der Waals surface area contributed by atoms with Gasteiger partial charge in [-0.2, -0.15) is 0 Å². The number of pyridine rings is 1. The Morgan fingerprint density at radius 1 is 1.26 bits per heavy atom. The Morgan fingerprint density at radius 2 is 2.07 bits per heavy atom. The third-order valence-corrected chi connectivity index (χ3v) is 6.33. The van der Waals surface area contributed by atoms with Crippen molar-refractivity contribution in [1.82, 2.24) is 19.5 Å². The maximum Gasteiger partial charge on any atom is 0.253 e. The molecule has 0 amide bonds. The largest absolute Gasteiger partial charge is 0.348 e. The lowest BCUT2D eigenvalue weighted by molar-refractivity contribution is 0.351. The first-order valence-corrected chi connectivity index (χ1v) is 10.1. The van der Waals surface area contributed by atoms with E-state index in [2.05, 4.69) is 33.7 Å². The highest BCUT2D eigenvalue weighted by Crippen LogP contribution is 2.29. The Labute approximate surface area is 162 Å². The second-order valence-corrected chi connectivity index (χ2v) is 8.26. The van der Waals surface area contributed by atoms with E-state index in [9.17, 15) is 4.79 Å². The van der Waals surface area contributed by atoms with Gasteiger partial charge in [-0.3, -0.25) is 14.3 Å². The predicted octanol–water partition coefficient (Wildman–Crippen LogP) is 3.30. The van der Waals surface area contributed by atoms with Crippen molar-refractivity contribution < 1.29 is 0 Å². The summed E-state index contributed by atoms with van der Waals surface area (Å²) >= 11 is 1.77. The Balaban J connectivity index is 1.40. The van der Waals surface area contributed by atoms with Crippen LogP contribution in [0.5, 0.6) is 0 Å². The van der Waals surface area contributed by atoms with Gasteiger partial charge in [-0.15, -0.1) is 11.3 Å². The van der Waals surface area contributed by atoms with E-state index in [1.165, 1.54) is 4.88 Å². The molecule has 0 aromatic carbocycles. The smallest absolute Gasteiger partial charge is 0.253 e. The molecular weight excluding hydrogens is 358 g/mol. The summed E-state index contributed by atoms with van der Waals surface area (Å²) in [5.74, 6) is 0.493. The lowest BCUT2D eigenvalue weighted by Crippen LogP contribution is -2.36. The highest BCUT2D eigenvalue weighted by molar-refractivity contribution is 7.15. The number of nitrogens with zero attached hydrogens (tertiary/aromatic N) is 5. The molecule has 1 aliphatic rings. The van der Waals surface area contributed by atoms with Crippen molar-refractivity contribution in [1.29, 1.82) is 0 Å². The van der Waals surface area contributed by atoms with Gasteiger partial charge in [0.2, 0.25) is 0 Å². The summed E-state index contributed by atoms with van der Waals surface area (Å²) in [7, 11) is 0. The van der Waals surface area contributed by atoms with E-state index in [1.807, 2.05) is 12.1 Å². The molecule has 0 N–H and O–H groups in total. The first-order chi connectivity index (χ1) is 13.1. The lowest BCUT2D eigenvalue weighted by atomic mass is 9.97. The van der Waals surface area contributed by atoms with E-state index in [1.54, 1.807) is 40.7 Å². The molecule has 140 valence electrons. The zero-order chi connectivity index (χ0) is 18.8. The summed E-state index contributed by atoms with van der Waals surface area (Å²) in [6.45, 7) is 6.90. The molecule has 0 saturated carbocycles. The number of piperidine rings is 1. The number of anilines is 1. The van der Waals surface area contributed by atoms with Gasteiger partial charge < -0.3 is 4.90 Å². The van der Waals surface area contributed by atoms with Crippen LogP contribution in [0.3, 0.4) is 0 Å². The molecule has 0 unspecified atom stereocenters. The minimum Gasteiger partial charge on any atom is -0.348 e. The molecule has 1 aliphatic heterocycles. The van der Waals surface area contributed by atoms with Crippen LogP contribution in [-0.4, -0.2) is 32.6 Å². The van der Waals surface area contributed by atoms with Crippen LogP contribution in [0.15, 0.2) is 41.7 Å². The van der Waals surface area contributed by atoms with E-state index < -0.39 is 0 Å². The molecule has 0 radical (unpaired) electrons. The van der Waals surface area contributed by atoms with Crippen LogP contribution in [-0.2, 0) is 6.54 Å². The van der Waals surface area contributed by atoms with Gasteiger partial charge in [0.05, 0.1) is 17.7 Å². The summed E-state index contributed by atoms with van der Waals surface area (Å²) in [5.41, 5.74) is 2.67. The van der Waals surface area contributed by atoms with Gasteiger partial charge >= 0.3 is 0 Å². The Morgan fingerprint density at radius 3 is 2.70 bits per heavy atom. The number of hydrogen-bond donors (Lipinski definition) is 0. The second-order valence-electron chi connectivity index (χ2n) is 7.07. The molecule has 7 heteroatoms. The molecule has 4 rings (SSSR count). The summed E-state index contributed by atoms with van der Waals surface area (Å²) in [5, 5.41) is 1.13. The van der Waals surface area contributed by atoms with E-state index in [4.69, 9.17) is 0 Å². The molecule has 1 saturated heterocycles. The highest BCUT2D eigenvalue weighted by Gasteiger charge is 2.22. The first kappa shape index (κ1) is 17.9. The molecule has 4 heterocycles. The molecule has 27 heavy (non-hydrogen) atoms. The van der Waals surface area contributed by atoms with Gasteiger partial charge in [0.1, 0.15) is 0 Å². The second kappa shape index (κ2) is 7.60. The fourth-order valence-electron chi connectivity index (χ4n) is 3.41. The van der Waals surface area contributed by atoms with Crippen LogP contribution in [0.25, 0.3) is 11.3 Å². The molecule has 3 aromatic rings. The van der Waals surface area contributed by atoms with Crippen LogP contribution in [0.1, 0.15) is 23.4 Å². The van der Waals surface area contributed by atoms with Crippen molar-refractivity contribution in [2.75, 3.05) is 18.0 Å². The van der Waals surface area contributed by atoms with Crippen molar-refractivity contribution in [3.05, 3.63) is 57.8 Å². The van der Waals surface area contributed by atoms with Crippen molar-refractivity contribution in [3.8, 4) is 11.3 Å². The standard InChI is InChI=1S/C20H23N5OS/c1-14-15(2)27-20(23-14)24-8-5-16(6-9-24)12-25-13-22-18(10-19(25)26)17-4-3-7-21-11-17/h3-4,7,10-11,13,16H,5-6,8-9,12H2,1-2H3. The molecule has 0 aliphatic carbocycles. The van der Waals surface area contributed by atoms with Crippen LogP contribution in [0.2, 0.25) is 0 Å². The summed E-state index contributed by atoms with van der Waals surface area (Å²) in [4.78, 5) is 29.4. The summed E-state index contributed by atoms with van der Waals surface area (Å²) < 4.78 is 1.73. The number of aryl methyl sites for hydroxylation is 2. The predicted molar refractivity (Wildman–Crippen MR) is 108 cm³/mol. The third kappa shape index (κ3) is 3.93. The van der Waals surface area contributed by atoms with Crippen molar-refractivity contribution in [2.45, 2.75) is 33.2 Å². The molecule has 0 atom stereocenters. The average Bonchev–Trinajstić information content (AvgIpc) is 3.03. The lowest BCUT2D eigenvalue weighted by Gasteiger charge is -2.31. The fraction of sp³-hybridized carbons (Fsp3) is 0.400. The van der Waals surface area contributed by atoms with Crippen molar-refractivity contribution in [2.24, 2.45) is 5.92 Å². The Bertz CT molecular complexity index is 954. The Kier molecular flexibility index (Phi) is 5.03. The number of thiazole rings is 1. The van der Waals surface area contributed by atoms with E-state index >= 15 is 0 Å². The molecule has 6 nitrogen and oxygen atoms in total. The summed E-state index contributed by atoms with van der Waals surface area (Å²) in [6, 6.07) is 5.37. The molecule has 0 bridgehead atoms. The molecule has 1 fully saturated rings. The van der Waals surface area contributed by atoms with Gasteiger partial charge in [-0.25, -0.2) is 9.97 Å². The zero-order valence-corrected chi connectivity index (χ0v) is 16.4. The average molecular weight is 382 g/mol. The van der Waals surface area contributed by atoms with Gasteiger partial charge in [0.25, 0.3) is 5.56 Å². The van der Waals surface area contributed by atoms with Crippen LogP contribution >= 0.6 is 11.3 Å². The van der Waals surface area contributed by atoms with Gasteiger partial charge in [0, 0.05) is 48.5 Å². The SMILES string of the molecule is Cc1nc(N2CCC(Cn3cnc(-c4cccnc4)cc3=O)CC2)sc1C. The topological polar surface area (TPSA) is 63.9 Å². The maximum absolute atomic E-state index is 12.5. The maximum atomic E-state index is 12.5. The van der Waals surface area contributed by atoms with Crippen LogP contribution in [0, 0.1) is 19.8 Å². The first-order valence-electron chi connectivity index (χ1n) is 9.26. The minimum atomic E-state index is -0.00236. The highest BCUT2D eigenvalue weighted by atomic mass is 32.1. The summed E-state index contributed by atoms with van der Waals surface area (Å²) in [6.07, 6.45) is 7.24. The van der Waals surface area contributed by atoms with Crippen LogP contribution < -0.4 is 10.5 Å². The van der Waals surface area contributed by atoms with Crippen molar-refractivity contribution in [3.63, 3.8) is 0 Å². The van der Waals surface area contributed by atoms with Gasteiger partial charge in [0.15, 0.2) is 5.13 Å². The van der Waals surface area contributed by atoms with Gasteiger partial charge in [-0.05, 0) is 44.7 Å². The number of hydrogen-bond acceptors (Lipinski definition) is 6. The molecule has 0 spiro atoms. The normalized spacial score (nSPS) is 15.3. The third-order valence-electron chi connectivity index (χ3n) is 5.19. The minimum absolute atomic E-state index is 0.00236. The zero-order valence-electron chi connectivity index (χ0n) is 15.6. The number of rotatable bonds is 4. The monoisotopic (exact) mass is 381 g/mol. The molecular formula is C20H23N5OS. The fourth-order valence-corrected chi connectivity index (χ4v) is 4.37. The van der Waals surface area contributed by atoms with E-state index in [0.717, 1.165) is 48.9 Å². The van der Waals surface area contributed by atoms with E-state index in [0.29, 0.717) is 11.6 Å². The van der Waals surface area contributed by atoms with Crippen LogP contribution in [0.4, 0.5) is 5.13 Å². The van der Waals surface area contributed by atoms with Crippen molar-refractivity contribution >= 4 is 16.5 Å². The van der Waals surface area contributed by atoms with Gasteiger partial charge in [-0.1, -0.05) is 0 Å². The van der Waals surface area contributed by atoms with E-state index in [-0.39, 0.29) is 5.56 Å². The molecule has 3 aromatic heterocycles. The quantitative estimate of drug-likeness (QED) is 0.694. The Hall–Kier alpha value is -2.54. The number of aromatic nitrogens is 4.